The van der Waals surface area contributed by atoms with Crippen LogP contribution in [0.2, 0.25) is 0 Å². The van der Waals surface area contributed by atoms with Gasteiger partial charge in [-0.25, -0.2) is 29.1 Å². The summed E-state index contributed by atoms with van der Waals surface area (Å²) >= 11 is 0. The molecular formula is C41H52O10Si2. The van der Waals surface area contributed by atoms with Gasteiger partial charge in [-0.2, -0.15) is 9.59 Å². The van der Waals surface area contributed by atoms with Crippen molar-refractivity contribution < 1.29 is 48.2 Å². The number of benzene rings is 2. The second-order valence-electron chi connectivity index (χ2n) is 14.6. The van der Waals surface area contributed by atoms with Gasteiger partial charge in [-0.05, 0) is 105 Å². The van der Waals surface area contributed by atoms with Crippen LogP contribution in [-0.4, -0.2) is 54.1 Å². The molecule has 0 saturated heterocycles. The van der Waals surface area contributed by atoms with Crippen LogP contribution in [0.3, 0.4) is 0 Å². The van der Waals surface area contributed by atoms with Gasteiger partial charge >= 0.3 is 24.2 Å². The van der Waals surface area contributed by atoms with E-state index in [1.807, 2.05) is 26.0 Å². The molecule has 53 heavy (non-hydrogen) atoms. The van der Waals surface area contributed by atoms with Crippen LogP contribution in [0.1, 0.15) is 97.1 Å². The van der Waals surface area contributed by atoms with E-state index >= 15 is 0 Å². The maximum Gasteiger partial charge on any atom is 0.550 e. The van der Waals surface area contributed by atoms with Gasteiger partial charge in [0.15, 0.2) is 0 Å². The first-order valence-corrected chi connectivity index (χ1v) is 22.0. The summed E-state index contributed by atoms with van der Waals surface area (Å²) in [6.45, 7) is 23.9. The Balaban J connectivity index is 1.18. The molecule has 0 atom stereocenters. The van der Waals surface area contributed by atoms with E-state index < -0.39 is 41.8 Å². The van der Waals surface area contributed by atoms with Crippen LogP contribution in [0.5, 0.6) is 0 Å². The molecule has 0 spiro atoms. The molecular weight excluding hydrogens is 709 g/mol. The largest absolute Gasteiger partial charge is 0.550 e. The third-order valence-electron chi connectivity index (χ3n) is 10.9. The smallest absolute Gasteiger partial charge is 0.428 e. The van der Waals surface area contributed by atoms with Gasteiger partial charge in [0, 0.05) is 0 Å². The Morgan fingerprint density at radius 3 is 1.25 bits per heavy atom. The average molecular weight is 761 g/mol. The molecule has 4 rings (SSSR count). The monoisotopic (exact) mass is 760 g/mol. The van der Waals surface area contributed by atoms with Gasteiger partial charge in [0.1, 0.15) is 29.8 Å². The quantitative estimate of drug-likeness (QED) is 0.0938. The minimum absolute atomic E-state index is 0.00953. The van der Waals surface area contributed by atoms with Crippen molar-refractivity contribution in [1.29, 1.82) is 0 Å². The van der Waals surface area contributed by atoms with Crippen molar-refractivity contribution in [2.24, 2.45) is 17.3 Å². The lowest BCUT2D eigenvalue weighted by atomic mass is 9.60. The van der Waals surface area contributed by atoms with Gasteiger partial charge in [0.05, 0.1) is 11.1 Å². The minimum Gasteiger partial charge on any atom is -0.428 e. The number of aryl methyl sites for hydroxylation is 2. The minimum atomic E-state index is -1.80. The highest BCUT2D eigenvalue weighted by molar-refractivity contribution is 6.83. The topological polar surface area (TPSA) is 124 Å². The number of ether oxygens (including phenoxy) is 2. The van der Waals surface area contributed by atoms with Crippen molar-refractivity contribution >= 4 is 52.2 Å². The van der Waals surface area contributed by atoms with Crippen molar-refractivity contribution in [2.45, 2.75) is 91.3 Å². The van der Waals surface area contributed by atoms with Crippen LogP contribution in [0.25, 0.3) is 0 Å². The summed E-state index contributed by atoms with van der Waals surface area (Å²) in [4.78, 5) is 69.8. The van der Waals surface area contributed by atoms with Crippen LogP contribution >= 0.6 is 0 Å². The molecule has 0 heterocycles. The molecule has 2 aromatic carbocycles. The van der Waals surface area contributed by atoms with Crippen LogP contribution < -0.4 is 10.4 Å². The Labute approximate surface area is 315 Å². The number of rotatable bonds is 12. The lowest BCUT2D eigenvalue weighted by Gasteiger charge is -2.46. The fourth-order valence-corrected chi connectivity index (χ4v) is 11.2. The van der Waals surface area contributed by atoms with Crippen LogP contribution in [0.15, 0.2) is 85.5 Å². The number of hydrogen-bond donors (Lipinski definition) is 0. The normalized spacial score (nSPS) is 20.0. The molecule has 2 aliphatic carbocycles. The summed E-state index contributed by atoms with van der Waals surface area (Å²) in [6, 6.07) is 10.7. The molecule has 0 radical (unpaired) electrons. The average Bonchev–Trinajstić information content (AvgIpc) is 3.14. The first-order chi connectivity index (χ1) is 25.3. The van der Waals surface area contributed by atoms with E-state index in [0.717, 1.165) is 47.2 Å². The van der Waals surface area contributed by atoms with E-state index in [2.05, 4.69) is 40.2 Å². The van der Waals surface area contributed by atoms with E-state index in [0.29, 0.717) is 48.6 Å². The molecule has 2 fully saturated rings. The number of hydrogen-bond acceptors (Lipinski definition) is 10. The van der Waals surface area contributed by atoms with Crippen molar-refractivity contribution in [3.05, 3.63) is 108 Å². The highest BCUT2D eigenvalue weighted by Crippen LogP contribution is 2.49. The maximum absolute atomic E-state index is 12.8. The summed E-state index contributed by atoms with van der Waals surface area (Å²) in [5.41, 5.74) is 9.82. The van der Waals surface area contributed by atoms with Gasteiger partial charge in [-0.15, -0.1) is 26.3 Å². The summed E-state index contributed by atoms with van der Waals surface area (Å²) in [7, 11) is -3.61. The third-order valence-corrected chi connectivity index (χ3v) is 15.4. The highest BCUT2D eigenvalue weighted by atomic mass is 28.3. The van der Waals surface area contributed by atoms with E-state index in [4.69, 9.17) is 29.0 Å². The van der Waals surface area contributed by atoms with E-state index in [-0.39, 0.29) is 17.6 Å². The number of carbonyl (C=O) groups excluding carboxylic acids is 4. The van der Waals surface area contributed by atoms with Gasteiger partial charge in [-0.1, -0.05) is 72.0 Å². The van der Waals surface area contributed by atoms with Gasteiger partial charge in [-0.3, -0.25) is 0 Å². The summed E-state index contributed by atoms with van der Waals surface area (Å²) in [5, 5.41) is 1.58. The summed E-state index contributed by atoms with van der Waals surface area (Å²) in [5.74, 6) is -0.732. The van der Waals surface area contributed by atoms with E-state index in [1.165, 1.54) is 0 Å². The summed E-state index contributed by atoms with van der Waals surface area (Å²) in [6.07, 6.45) is 3.38. The highest BCUT2D eigenvalue weighted by Gasteiger charge is 2.42. The second kappa shape index (κ2) is 18.9. The zero-order valence-corrected chi connectivity index (χ0v) is 33.6. The molecule has 2 saturated carbocycles. The van der Waals surface area contributed by atoms with Gasteiger partial charge < -0.3 is 9.47 Å². The van der Waals surface area contributed by atoms with Crippen LogP contribution in [-0.2, 0) is 29.0 Å². The third kappa shape index (κ3) is 10.7. The van der Waals surface area contributed by atoms with Crippen LogP contribution in [0.4, 0.5) is 9.59 Å². The molecule has 0 aliphatic heterocycles. The fourth-order valence-electron chi connectivity index (χ4n) is 7.72. The lowest BCUT2D eigenvalue weighted by molar-refractivity contribution is -0.209. The first-order valence-electron chi connectivity index (χ1n) is 18.2. The molecule has 284 valence electrons. The molecule has 0 N–H and O–H groups in total. The Morgan fingerprint density at radius 2 is 0.925 bits per heavy atom. The standard InChI is InChI=1S/C41H52O10Si2/c1-9-52(10-2)35-25-27(5)13-23-33(35)37(42)48-50-39(44)46-31-19-15-29(16-20-31)41(7,8)30-17-21-32(22-18-30)47-40(45)51-49-38(43)34-24-14-28(6)26-36(34)53(11-3)12-4/h9-14,23-26,29-32,52-53H,1-4,15-22H2,5-8H3. The fraction of sp³-hybridized carbons (Fsp3) is 0.415. The van der Waals surface area contributed by atoms with Gasteiger partial charge in [0.2, 0.25) is 0 Å². The predicted molar refractivity (Wildman–Crippen MR) is 208 cm³/mol. The molecule has 2 aliphatic rings. The number of carbonyl (C=O) groups is 4. The maximum atomic E-state index is 12.8. The SMILES string of the molecule is C=C[SiH](C=C)c1cc(C)ccc1C(=O)OOC(=O)OC1CCC(C(C)(C)C2CCC(OC(=O)OOC(=O)c3ccc(C)cc3[SiH](C=C)C=C)CC2)CC1. The van der Waals surface area contributed by atoms with Crippen LogP contribution in [0, 0.1) is 31.1 Å². The molecule has 0 unspecified atom stereocenters. The molecule has 0 aromatic heterocycles. The first kappa shape index (κ1) is 41.1. The lowest BCUT2D eigenvalue weighted by Crippen LogP contribution is -2.39. The molecule has 2 aromatic rings. The van der Waals surface area contributed by atoms with E-state index in [9.17, 15) is 19.2 Å². The predicted octanol–water partition coefficient (Wildman–Crippen LogP) is 7.37. The Hall–Kier alpha value is -4.69. The second-order valence-corrected chi connectivity index (χ2v) is 19.8. The van der Waals surface area contributed by atoms with Crippen molar-refractivity contribution in [1.82, 2.24) is 0 Å². The molecule has 12 heteroatoms. The Morgan fingerprint density at radius 1 is 0.585 bits per heavy atom. The molecule has 0 amide bonds. The summed E-state index contributed by atoms with van der Waals surface area (Å²) < 4.78 is 11.0. The molecule has 0 bridgehead atoms. The molecule has 10 nitrogen and oxygen atoms in total. The Kier molecular flexibility index (Phi) is 14.6. The van der Waals surface area contributed by atoms with Crippen molar-refractivity contribution in [2.75, 3.05) is 0 Å². The van der Waals surface area contributed by atoms with Crippen molar-refractivity contribution in [3.63, 3.8) is 0 Å². The van der Waals surface area contributed by atoms with Crippen molar-refractivity contribution in [3.8, 4) is 0 Å². The zero-order valence-electron chi connectivity index (χ0n) is 31.3. The van der Waals surface area contributed by atoms with E-state index in [1.54, 1.807) is 47.1 Å². The van der Waals surface area contributed by atoms with Gasteiger partial charge in [0.25, 0.3) is 0 Å². The Bertz CT molecular complexity index is 1550. The zero-order chi connectivity index (χ0) is 38.7.